The van der Waals surface area contributed by atoms with Crippen LogP contribution in [0, 0.1) is 6.92 Å². The molecule has 9 heteroatoms. The molecule has 0 aliphatic rings. The van der Waals surface area contributed by atoms with Crippen molar-refractivity contribution in [2.45, 2.75) is 26.5 Å². The first-order chi connectivity index (χ1) is 14.9. The third kappa shape index (κ3) is 6.13. The molecule has 0 saturated carbocycles. The van der Waals surface area contributed by atoms with E-state index in [0.717, 1.165) is 11.1 Å². The molecule has 3 N–H and O–H groups in total. The Morgan fingerprint density at radius 1 is 1.00 bits per heavy atom. The SMILES string of the molecule is Cc1nc(-c2ccccc2)sc1C(=O)NNC(=O)[C@H](C)NC(=O)OCc1ccccc1. The molecule has 0 unspecified atom stereocenters. The molecule has 8 nitrogen and oxygen atoms in total. The predicted molar refractivity (Wildman–Crippen MR) is 117 cm³/mol. The van der Waals surface area contributed by atoms with Crippen LogP contribution in [-0.2, 0) is 16.1 Å². The highest BCUT2D eigenvalue weighted by Crippen LogP contribution is 2.27. The fourth-order valence-corrected chi connectivity index (χ4v) is 3.57. The summed E-state index contributed by atoms with van der Waals surface area (Å²) in [5.74, 6) is -1.07. The molecule has 1 atom stereocenters. The summed E-state index contributed by atoms with van der Waals surface area (Å²) >= 11 is 1.23. The van der Waals surface area contributed by atoms with Crippen LogP contribution < -0.4 is 16.2 Å². The molecule has 0 fully saturated rings. The number of nitrogens with zero attached hydrogens (tertiary/aromatic N) is 1. The first-order valence-electron chi connectivity index (χ1n) is 9.54. The minimum Gasteiger partial charge on any atom is -0.445 e. The fourth-order valence-electron chi connectivity index (χ4n) is 2.60. The molecule has 3 rings (SSSR count). The summed E-state index contributed by atoms with van der Waals surface area (Å²) in [4.78, 5) is 41.3. The molecule has 1 heterocycles. The summed E-state index contributed by atoms with van der Waals surface area (Å²) in [5, 5.41) is 3.13. The van der Waals surface area contributed by atoms with Crippen LogP contribution in [0.25, 0.3) is 10.6 Å². The van der Waals surface area contributed by atoms with E-state index in [1.807, 2.05) is 60.7 Å². The first-order valence-corrected chi connectivity index (χ1v) is 10.4. The number of hydrogen-bond donors (Lipinski definition) is 3. The Labute approximate surface area is 183 Å². The van der Waals surface area contributed by atoms with Gasteiger partial charge in [-0.3, -0.25) is 20.4 Å². The second-order valence-electron chi connectivity index (χ2n) is 6.67. The highest BCUT2D eigenvalue weighted by Gasteiger charge is 2.20. The summed E-state index contributed by atoms with van der Waals surface area (Å²) in [6.45, 7) is 3.30. The Bertz CT molecular complexity index is 1050. The lowest BCUT2D eigenvalue weighted by Crippen LogP contribution is -2.51. The second kappa shape index (κ2) is 10.4. The summed E-state index contributed by atoms with van der Waals surface area (Å²) in [6, 6.07) is 17.8. The van der Waals surface area contributed by atoms with Gasteiger partial charge in [-0.2, -0.15) is 0 Å². The lowest BCUT2D eigenvalue weighted by Gasteiger charge is -2.14. The normalized spacial score (nSPS) is 11.3. The number of amides is 3. The van der Waals surface area contributed by atoms with Crippen molar-refractivity contribution >= 4 is 29.2 Å². The molecule has 160 valence electrons. The van der Waals surface area contributed by atoms with Gasteiger partial charge in [-0.1, -0.05) is 60.7 Å². The molecule has 1 aromatic heterocycles. The van der Waals surface area contributed by atoms with Gasteiger partial charge >= 0.3 is 6.09 Å². The number of rotatable bonds is 6. The number of carbonyl (C=O) groups excluding carboxylic acids is 3. The van der Waals surface area contributed by atoms with Gasteiger partial charge in [-0.05, 0) is 19.4 Å². The summed E-state index contributed by atoms with van der Waals surface area (Å²) in [6.07, 6.45) is -0.733. The lowest BCUT2D eigenvalue weighted by atomic mass is 10.2. The maximum atomic E-state index is 12.5. The molecule has 0 saturated heterocycles. The number of nitrogens with one attached hydrogen (secondary N) is 3. The van der Waals surface area contributed by atoms with Crippen LogP contribution in [0.5, 0.6) is 0 Å². The zero-order valence-corrected chi connectivity index (χ0v) is 17.9. The maximum Gasteiger partial charge on any atom is 0.408 e. The highest BCUT2D eigenvalue weighted by molar-refractivity contribution is 7.17. The average Bonchev–Trinajstić information content (AvgIpc) is 3.18. The van der Waals surface area contributed by atoms with Crippen molar-refractivity contribution < 1.29 is 19.1 Å². The molecule has 3 amide bonds. The van der Waals surface area contributed by atoms with Crippen LogP contribution in [0.1, 0.15) is 27.9 Å². The molecule has 0 bridgehead atoms. The van der Waals surface area contributed by atoms with Gasteiger partial charge in [-0.15, -0.1) is 11.3 Å². The van der Waals surface area contributed by atoms with Crippen molar-refractivity contribution in [1.82, 2.24) is 21.2 Å². The Hall–Kier alpha value is -3.72. The number of benzene rings is 2. The van der Waals surface area contributed by atoms with E-state index in [0.29, 0.717) is 15.6 Å². The van der Waals surface area contributed by atoms with Crippen molar-refractivity contribution in [2.75, 3.05) is 0 Å². The number of hydrogen-bond acceptors (Lipinski definition) is 6. The number of thiazole rings is 1. The van der Waals surface area contributed by atoms with Gasteiger partial charge in [0.15, 0.2) is 0 Å². The fraction of sp³-hybridized carbons (Fsp3) is 0.182. The molecule has 0 aliphatic carbocycles. The third-order valence-electron chi connectivity index (χ3n) is 4.26. The number of aromatic nitrogens is 1. The molecule has 3 aromatic rings. The van der Waals surface area contributed by atoms with Crippen LogP contribution >= 0.6 is 11.3 Å². The first kappa shape index (κ1) is 22.0. The van der Waals surface area contributed by atoms with E-state index in [4.69, 9.17) is 4.74 Å². The molecule has 0 aliphatic heterocycles. The Morgan fingerprint density at radius 3 is 2.32 bits per heavy atom. The zero-order chi connectivity index (χ0) is 22.2. The largest absolute Gasteiger partial charge is 0.445 e. The van der Waals surface area contributed by atoms with E-state index < -0.39 is 23.9 Å². The minimum absolute atomic E-state index is 0.0894. The Morgan fingerprint density at radius 2 is 1.65 bits per heavy atom. The number of carbonyl (C=O) groups is 3. The lowest BCUT2D eigenvalue weighted by molar-refractivity contribution is -0.123. The third-order valence-corrected chi connectivity index (χ3v) is 5.47. The number of aryl methyl sites for hydroxylation is 1. The van der Waals surface area contributed by atoms with Crippen LogP contribution in [0.15, 0.2) is 60.7 Å². The molecule has 0 spiro atoms. The second-order valence-corrected chi connectivity index (χ2v) is 7.67. The van der Waals surface area contributed by atoms with Crippen LogP contribution in [0.3, 0.4) is 0 Å². The molecular formula is C22H22N4O4S. The van der Waals surface area contributed by atoms with Gasteiger partial charge in [0.2, 0.25) is 0 Å². The van der Waals surface area contributed by atoms with Gasteiger partial charge in [0.05, 0.1) is 5.69 Å². The van der Waals surface area contributed by atoms with Crippen molar-refractivity contribution in [2.24, 2.45) is 0 Å². The molecular weight excluding hydrogens is 416 g/mol. The summed E-state index contributed by atoms with van der Waals surface area (Å²) in [7, 11) is 0. The minimum atomic E-state index is -0.911. The van der Waals surface area contributed by atoms with E-state index in [1.54, 1.807) is 6.92 Å². The van der Waals surface area contributed by atoms with E-state index in [-0.39, 0.29) is 6.61 Å². The van der Waals surface area contributed by atoms with Crippen LogP contribution in [0.2, 0.25) is 0 Å². The van der Waals surface area contributed by atoms with E-state index in [2.05, 4.69) is 21.2 Å². The predicted octanol–water partition coefficient (Wildman–Crippen LogP) is 3.19. The topological polar surface area (TPSA) is 109 Å². The van der Waals surface area contributed by atoms with E-state index in [1.165, 1.54) is 18.3 Å². The number of hydrazine groups is 1. The zero-order valence-electron chi connectivity index (χ0n) is 17.0. The van der Waals surface area contributed by atoms with E-state index in [9.17, 15) is 14.4 Å². The van der Waals surface area contributed by atoms with Gasteiger partial charge in [0.25, 0.3) is 11.8 Å². The summed E-state index contributed by atoms with van der Waals surface area (Å²) in [5.41, 5.74) is 6.96. The molecule has 31 heavy (non-hydrogen) atoms. The van der Waals surface area contributed by atoms with Crippen LogP contribution in [0.4, 0.5) is 4.79 Å². The average molecular weight is 439 g/mol. The van der Waals surface area contributed by atoms with Crippen molar-refractivity contribution in [3.8, 4) is 10.6 Å². The highest BCUT2D eigenvalue weighted by atomic mass is 32.1. The molecule has 2 aromatic carbocycles. The van der Waals surface area contributed by atoms with Gasteiger partial charge in [0, 0.05) is 5.56 Å². The van der Waals surface area contributed by atoms with Crippen molar-refractivity contribution in [3.63, 3.8) is 0 Å². The van der Waals surface area contributed by atoms with Crippen LogP contribution in [-0.4, -0.2) is 28.9 Å². The van der Waals surface area contributed by atoms with Gasteiger partial charge in [-0.25, -0.2) is 9.78 Å². The smallest absolute Gasteiger partial charge is 0.408 e. The molecule has 0 radical (unpaired) electrons. The van der Waals surface area contributed by atoms with Crippen molar-refractivity contribution in [1.29, 1.82) is 0 Å². The van der Waals surface area contributed by atoms with Gasteiger partial charge < -0.3 is 10.1 Å². The van der Waals surface area contributed by atoms with E-state index >= 15 is 0 Å². The summed E-state index contributed by atoms with van der Waals surface area (Å²) < 4.78 is 5.08. The quantitative estimate of drug-likeness (QED) is 0.512. The maximum absolute atomic E-state index is 12.5. The van der Waals surface area contributed by atoms with Crippen molar-refractivity contribution in [3.05, 3.63) is 76.8 Å². The monoisotopic (exact) mass is 438 g/mol. The Balaban J connectivity index is 1.48. The number of alkyl carbamates (subject to hydrolysis) is 1. The number of ether oxygens (including phenoxy) is 1. The van der Waals surface area contributed by atoms with Gasteiger partial charge in [0.1, 0.15) is 22.5 Å². The Kier molecular flexibility index (Phi) is 7.34. The standard InChI is InChI=1S/C22H22N4O4S/c1-14-18(31-21(23-14)17-11-7-4-8-12-17)20(28)26-25-19(27)15(2)24-22(29)30-13-16-9-5-3-6-10-16/h3-12,15H,13H2,1-2H3,(H,24,29)(H,25,27)(H,26,28)/t15-/m0/s1.